The summed E-state index contributed by atoms with van der Waals surface area (Å²) in [5, 5.41) is 5.58. The normalized spacial score (nSPS) is 16.1. The highest BCUT2D eigenvalue weighted by Gasteiger charge is 2.32. The smallest absolute Gasteiger partial charge is 0.315 e. The molecule has 0 saturated carbocycles. The molecule has 3 rings (SSSR count). The molecule has 0 aliphatic carbocycles. The number of pyridine rings is 1. The average molecular weight is 370 g/mol. The van der Waals surface area contributed by atoms with Crippen LogP contribution < -0.4 is 25.0 Å². The van der Waals surface area contributed by atoms with E-state index in [1.165, 1.54) is 0 Å². The van der Waals surface area contributed by atoms with Crippen molar-refractivity contribution in [1.29, 1.82) is 0 Å². The van der Waals surface area contributed by atoms with Crippen LogP contribution in [0.2, 0.25) is 0 Å². The number of nitrogens with one attached hydrogen (secondary N) is 2. The van der Waals surface area contributed by atoms with Gasteiger partial charge in [-0.3, -0.25) is 9.78 Å². The van der Waals surface area contributed by atoms with Crippen LogP contribution in [0.3, 0.4) is 0 Å². The molecule has 2 aromatic rings. The Hall–Kier alpha value is -3.29. The predicted molar refractivity (Wildman–Crippen MR) is 99.9 cm³/mol. The minimum atomic E-state index is -0.326. The first kappa shape index (κ1) is 18.5. The topological polar surface area (TPSA) is 92.8 Å². The zero-order valence-corrected chi connectivity index (χ0v) is 15.3. The number of ether oxygens (including phenoxy) is 2. The first-order valence-corrected chi connectivity index (χ1v) is 8.57. The van der Waals surface area contributed by atoms with Gasteiger partial charge in [0.2, 0.25) is 5.91 Å². The lowest BCUT2D eigenvalue weighted by Gasteiger charge is -2.19. The SMILES string of the molecule is COc1ccc(N2C[C@H](NC(=O)NCc3ccccn3)CC2=O)cc1OC. The Morgan fingerprint density at radius 1 is 1.22 bits per heavy atom. The van der Waals surface area contributed by atoms with Gasteiger partial charge in [-0.1, -0.05) is 6.07 Å². The van der Waals surface area contributed by atoms with E-state index in [2.05, 4.69) is 15.6 Å². The van der Waals surface area contributed by atoms with Crippen molar-refractivity contribution in [2.24, 2.45) is 0 Å². The van der Waals surface area contributed by atoms with Crippen LogP contribution in [0.4, 0.5) is 10.5 Å². The lowest BCUT2D eigenvalue weighted by atomic mass is 10.2. The molecule has 1 atom stereocenters. The number of hydrogen-bond acceptors (Lipinski definition) is 5. The Balaban J connectivity index is 1.58. The average Bonchev–Trinajstić information content (AvgIpc) is 3.06. The second-order valence-electron chi connectivity index (χ2n) is 6.09. The Bertz CT molecular complexity index is 813. The van der Waals surface area contributed by atoms with E-state index >= 15 is 0 Å². The Morgan fingerprint density at radius 2 is 2.04 bits per heavy atom. The monoisotopic (exact) mass is 370 g/mol. The van der Waals surface area contributed by atoms with Gasteiger partial charge in [-0.05, 0) is 24.3 Å². The van der Waals surface area contributed by atoms with Crippen LogP contribution in [-0.2, 0) is 11.3 Å². The summed E-state index contributed by atoms with van der Waals surface area (Å²) in [6.45, 7) is 0.720. The van der Waals surface area contributed by atoms with E-state index in [4.69, 9.17) is 9.47 Å². The first-order chi connectivity index (χ1) is 13.1. The van der Waals surface area contributed by atoms with Gasteiger partial charge in [-0.15, -0.1) is 0 Å². The number of carbonyl (C=O) groups is 2. The highest BCUT2D eigenvalue weighted by molar-refractivity contribution is 5.97. The molecule has 1 aromatic heterocycles. The molecule has 3 amide bonds. The van der Waals surface area contributed by atoms with E-state index in [9.17, 15) is 9.59 Å². The van der Waals surface area contributed by atoms with Crippen LogP contribution in [0.1, 0.15) is 12.1 Å². The summed E-state index contributed by atoms with van der Waals surface area (Å²) in [7, 11) is 3.10. The molecule has 0 spiro atoms. The summed E-state index contributed by atoms with van der Waals surface area (Å²) in [5.41, 5.74) is 1.47. The van der Waals surface area contributed by atoms with Crippen molar-refractivity contribution in [3.8, 4) is 11.5 Å². The van der Waals surface area contributed by atoms with Gasteiger partial charge in [-0.2, -0.15) is 0 Å². The minimum absolute atomic E-state index is 0.0581. The molecule has 0 unspecified atom stereocenters. The molecule has 1 fully saturated rings. The summed E-state index contributed by atoms with van der Waals surface area (Å²) >= 11 is 0. The number of nitrogens with zero attached hydrogens (tertiary/aromatic N) is 2. The van der Waals surface area contributed by atoms with Gasteiger partial charge in [0.1, 0.15) is 0 Å². The van der Waals surface area contributed by atoms with Crippen molar-refractivity contribution in [3.63, 3.8) is 0 Å². The van der Waals surface area contributed by atoms with Gasteiger partial charge in [0.15, 0.2) is 11.5 Å². The number of carbonyl (C=O) groups excluding carboxylic acids is 2. The number of hydrogen-bond donors (Lipinski definition) is 2. The quantitative estimate of drug-likeness (QED) is 0.807. The van der Waals surface area contributed by atoms with Gasteiger partial charge in [-0.25, -0.2) is 4.79 Å². The zero-order chi connectivity index (χ0) is 19.2. The standard InChI is InChI=1S/C19H22N4O4/c1-26-16-7-6-15(10-17(16)27-2)23-12-14(9-18(23)24)22-19(25)21-11-13-5-3-4-8-20-13/h3-8,10,14H,9,11-12H2,1-2H3,(H2,21,22,25)/t14-/m1/s1. The summed E-state index contributed by atoms with van der Waals surface area (Å²) in [5.74, 6) is 1.08. The molecule has 1 aliphatic rings. The van der Waals surface area contributed by atoms with Gasteiger partial charge in [0.25, 0.3) is 0 Å². The summed E-state index contributed by atoms with van der Waals surface area (Å²) in [6.07, 6.45) is 1.91. The number of amides is 3. The van der Waals surface area contributed by atoms with Crippen molar-refractivity contribution in [2.45, 2.75) is 19.0 Å². The van der Waals surface area contributed by atoms with Crippen molar-refractivity contribution in [2.75, 3.05) is 25.7 Å². The third-order valence-corrected chi connectivity index (χ3v) is 4.30. The molecule has 8 heteroatoms. The van der Waals surface area contributed by atoms with Crippen LogP contribution in [0.15, 0.2) is 42.6 Å². The number of aromatic nitrogens is 1. The van der Waals surface area contributed by atoms with Crippen LogP contribution in [0.25, 0.3) is 0 Å². The molecular weight excluding hydrogens is 348 g/mol. The van der Waals surface area contributed by atoms with Crippen molar-refractivity contribution >= 4 is 17.6 Å². The van der Waals surface area contributed by atoms with Crippen molar-refractivity contribution < 1.29 is 19.1 Å². The highest BCUT2D eigenvalue weighted by Crippen LogP contribution is 2.33. The number of benzene rings is 1. The number of methoxy groups -OCH3 is 2. The fourth-order valence-electron chi connectivity index (χ4n) is 2.96. The van der Waals surface area contributed by atoms with Crippen LogP contribution in [0.5, 0.6) is 11.5 Å². The van der Waals surface area contributed by atoms with Crippen LogP contribution in [-0.4, -0.2) is 43.7 Å². The van der Waals surface area contributed by atoms with E-state index < -0.39 is 0 Å². The second kappa shape index (κ2) is 8.39. The number of rotatable bonds is 6. The fraction of sp³-hybridized carbons (Fsp3) is 0.316. The van der Waals surface area contributed by atoms with Crippen LogP contribution >= 0.6 is 0 Å². The zero-order valence-electron chi connectivity index (χ0n) is 15.3. The van der Waals surface area contributed by atoms with Crippen molar-refractivity contribution in [1.82, 2.24) is 15.6 Å². The van der Waals surface area contributed by atoms with E-state index in [0.29, 0.717) is 30.3 Å². The summed E-state index contributed by atoms with van der Waals surface area (Å²) < 4.78 is 10.5. The minimum Gasteiger partial charge on any atom is -0.493 e. The molecule has 1 aliphatic heterocycles. The van der Waals surface area contributed by atoms with Gasteiger partial charge < -0.3 is 25.0 Å². The molecule has 0 bridgehead atoms. The van der Waals surface area contributed by atoms with Gasteiger partial charge >= 0.3 is 6.03 Å². The Morgan fingerprint density at radius 3 is 2.74 bits per heavy atom. The molecule has 1 aromatic carbocycles. The lowest BCUT2D eigenvalue weighted by molar-refractivity contribution is -0.117. The number of anilines is 1. The van der Waals surface area contributed by atoms with E-state index in [1.54, 1.807) is 43.5 Å². The predicted octanol–water partition coefficient (Wildman–Crippen LogP) is 1.70. The number of urea groups is 1. The molecular formula is C19H22N4O4. The largest absolute Gasteiger partial charge is 0.493 e. The Labute approximate surface area is 157 Å². The maximum absolute atomic E-state index is 12.4. The first-order valence-electron chi connectivity index (χ1n) is 8.57. The molecule has 142 valence electrons. The lowest BCUT2D eigenvalue weighted by Crippen LogP contribution is -2.43. The van der Waals surface area contributed by atoms with E-state index in [-0.39, 0.29) is 24.4 Å². The molecule has 8 nitrogen and oxygen atoms in total. The van der Waals surface area contributed by atoms with Gasteiger partial charge in [0, 0.05) is 30.9 Å². The van der Waals surface area contributed by atoms with Crippen LogP contribution in [0, 0.1) is 0 Å². The summed E-state index contributed by atoms with van der Waals surface area (Å²) in [4.78, 5) is 30.2. The third kappa shape index (κ3) is 4.46. The van der Waals surface area contributed by atoms with E-state index in [0.717, 1.165) is 5.69 Å². The molecule has 0 radical (unpaired) electrons. The Kier molecular flexibility index (Phi) is 5.75. The third-order valence-electron chi connectivity index (χ3n) is 4.30. The molecule has 2 N–H and O–H groups in total. The second-order valence-corrected chi connectivity index (χ2v) is 6.09. The maximum Gasteiger partial charge on any atom is 0.315 e. The molecule has 2 heterocycles. The fourth-order valence-corrected chi connectivity index (χ4v) is 2.96. The van der Waals surface area contributed by atoms with Gasteiger partial charge in [0.05, 0.1) is 32.5 Å². The maximum atomic E-state index is 12.4. The van der Waals surface area contributed by atoms with Crippen molar-refractivity contribution in [3.05, 3.63) is 48.3 Å². The van der Waals surface area contributed by atoms with E-state index in [1.807, 2.05) is 18.2 Å². The molecule has 1 saturated heterocycles. The molecule has 27 heavy (non-hydrogen) atoms. The highest BCUT2D eigenvalue weighted by atomic mass is 16.5. The summed E-state index contributed by atoms with van der Waals surface area (Å²) in [6, 6.07) is 10.2.